The summed E-state index contributed by atoms with van der Waals surface area (Å²) in [4.78, 5) is 14.4. The molecule has 0 aromatic heterocycles. The molecule has 2 N–H and O–H groups in total. The van der Waals surface area contributed by atoms with Gasteiger partial charge in [-0.2, -0.15) is 0 Å². The van der Waals surface area contributed by atoms with E-state index < -0.39 is 0 Å². The van der Waals surface area contributed by atoms with Gasteiger partial charge in [0, 0.05) is 30.0 Å². The van der Waals surface area contributed by atoms with Crippen molar-refractivity contribution in [2.75, 3.05) is 29.9 Å². The molecule has 4 heteroatoms. The number of nitrogens with one attached hydrogen (secondary N) is 2. The predicted octanol–water partition coefficient (Wildman–Crippen LogP) is 2.92. The maximum Gasteiger partial charge on any atom is 0.246 e. The number of nitrogens with zero attached hydrogens (tertiary/aromatic N) is 1. The number of anilines is 2. The lowest BCUT2D eigenvalue weighted by Crippen LogP contribution is -2.28. The number of amides is 1. The summed E-state index contributed by atoms with van der Waals surface area (Å²) in [6, 6.07) is 6.10. The molecule has 110 valence electrons. The molecule has 1 aromatic rings. The highest BCUT2D eigenvalue weighted by Gasteiger charge is 2.30. The summed E-state index contributed by atoms with van der Waals surface area (Å²) in [5.74, 6) is 0.0594. The summed E-state index contributed by atoms with van der Waals surface area (Å²) < 4.78 is 0. The first-order chi connectivity index (χ1) is 9.71. The highest BCUT2D eigenvalue weighted by Crippen LogP contribution is 2.34. The van der Waals surface area contributed by atoms with Gasteiger partial charge in [-0.1, -0.05) is 19.9 Å². The first-order valence-corrected chi connectivity index (χ1v) is 7.64. The van der Waals surface area contributed by atoms with E-state index >= 15 is 0 Å². The second kappa shape index (κ2) is 6.75. The Hall–Kier alpha value is -1.55. The summed E-state index contributed by atoms with van der Waals surface area (Å²) in [6.07, 6.45) is 2.15. The van der Waals surface area contributed by atoms with Gasteiger partial charge in [0.1, 0.15) is 6.04 Å². The molecule has 1 aliphatic heterocycles. The number of carbonyl (C=O) groups is 1. The van der Waals surface area contributed by atoms with E-state index in [1.807, 2.05) is 0 Å². The monoisotopic (exact) mass is 275 g/mol. The van der Waals surface area contributed by atoms with Crippen molar-refractivity contribution in [2.45, 2.75) is 39.7 Å². The van der Waals surface area contributed by atoms with Crippen molar-refractivity contribution in [3.8, 4) is 0 Å². The van der Waals surface area contributed by atoms with Crippen LogP contribution in [0.2, 0.25) is 0 Å². The van der Waals surface area contributed by atoms with Crippen molar-refractivity contribution in [3.05, 3.63) is 23.8 Å². The highest BCUT2D eigenvalue weighted by molar-refractivity contribution is 6.03. The summed E-state index contributed by atoms with van der Waals surface area (Å²) in [7, 11) is 0. The van der Waals surface area contributed by atoms with Crippen LogP contribution >= 0.6 is 0 Å². The summed E-state index contributed by atoms with van der Waals surface area (Å²) in [6.45, 7) is 9.33. The van der Waals surface area contributed by atoms with Gasteiger partial charge in [-0.05, 0) is 38.4 Å². The number of hydrogen-bond acceptors (Lipinski definition) is 3. The van der Waals surface area contributed by atoms with Crippen molar-refractivity contribution in [2.24, 2.45) is 0 Å². The molecule has 0 fully saturated rings. The fourth-order valence-corrected chi connectivity index (χ4v) is 2.68. The lowest BCUT2D eigenvalue weighted by molar-refractivity contribution is -0.117. The van der Waals surface area contributed by atoms with Gasteiger partial charge >= 0.3 is 0 Å². The molecule has 4 nitrogen and oxygen atoms in total. The number of rotatable bonds is 7. The molecule has 1 heterocycles. The van der Waals surface area contributed by atoms with Crippen LogP contribution in [-0.2, 0) is 4.79 Å². The molecular formula is C16H25N3O. The Morgan fingerprint density at radius 1 is 1.25 bits per heavy atom. The van der Waals surface area contributed by atoms with E-state index in [0.29, 0.717) is 0 Å². The summed E-state index contributed by atoms with van der Waals surface area (Å²) in [5.41, 5.74) is 3.21. The van der Waals surface area contributed by atoms with Crippen molar-refractivity contribution in [3.63, 3.8) is 0 Å². The largest absolute Gasteiger partial charge is 0.372 e. The summed E-state index contributed by atoms with van der Waals surface area (Å²) in [5, 5.41) is 6.29. The fraction of sp³-hybridized carbons (Fsp3) is 0.562. The van der Waals surface area contributed by atoms with E-state index in [0.717, 1.165) is 43.7 Å². The highest BCUT2D eigenvalue weighted by atomic mass is 16.2. The minimum atomic E-state index is -0.194. The van der Waals surface area contributed by atoms with E-state index in [-0.39, 0.29) is 11.9 Å². The van der Waals surface area contributed by atoms with Crippen LogP contribution in [0.4, 0.5) is 11.4 Å². The molecule has 20 heavy (non-hydrogen) atoms. The molecule has 2 rings (SSSR count). The third-order valence-electron chi connectivity index (χ3n) is 3.71. The van der Waals surface area contributed by atoms with Crippen molar-refractivity contribution in [1.29, 1.82) is 0 Å². The molecule has 0 radical (unpaired) electrons. The van der Waals surface area contributed by atoms with E-state index in [4.69, 9.17) is 0 Å². The summed E-state index contributed by atoms with van der Waals surface area (Å²) >= 11 is 0. The Labute approximate surface area is 121 Å². The Morgan fingerprint density at radius 2 is 2.05 bits per heavy atom. The second-order valence-electron chi connectivity index (χ2n) is 5.23. The van der Waals surface area contributed by atoms with Gasteiger partial charge in [0.05, 0.1) is 0 Å². The minimum absolute atomic E-state index is 0.0594. The van der Waals surface area contributed by atoms with Crippen LogP contribution in [-0.4, -0.2) is 25.5 Å². The molecule has 1 unspecified atom stereocenters. The maximum atomic E-state index is 12.0. The first-order valence-electron chi connectivity index (χ1n) is 7.64. The van der Waals surface area contributed by atoms with E-state index in [9.17, 15) is 4.79 Å². The van der Waals surface area contributed by atoms with Crippen molar-refractivity contribution >= 4 is 17.3 Å². The predicted molar refractivity (Wildman–Crippen MR) is 84.3 cm³/mol. The first kappa shape index (κ1) is 14.9. The number of carbonyl (C=O) groups excluding carboxylic acids is 1. The molecule has 0 bridgehead atoms. The van der Waals surface area contributed by atoms with Crippen molar-refractivity contribution < 1.29 is 4.79 Å². The van der Waals surface area contributed by atoms with Crippen LogP contribution in [0.1, 0.15) is 45.2 Å². The minimum Gasteiger partial charge on any atom is -0.372 e. The van der Waals surface area contributed by atoms with E-state index in [2.05, 4.69) is 54.5 Å². The molecule has 1 aliphatic rings. The maximum absolute atomic E-state index is 12.0. The van der Waals surface area contributed by atoms with Gasteiger partial charge in [0.2, 0.25) is 5.91 Å². The van der Waals surface area contributed by atoms with Gasteiger partial charge in [-0.3, -0.25) is 4.79 Å². The van der Waals surface area contributed by atoms with Crippen molar-refractivity contribution in [1.82, 2.24) is 5.32 Å². The topological polar surface area (TPSA) is 44.4 Å². The third-order valence-corrected chi connectivity index (χ3v) is 3.71. The van der Waals surface area contributed by atoms with Crippen LogP contribution < -0.4 is 15.5 Å². The van der Waals surface area contributed by atoms with Crippen LogP contribution in [0, 0.1) is 0 Å². The van der Waals surface area contributed by atoms with Gasteiger partial charge in [-0.25, -0.2) is 0 Å². The molecule has 1 aromatic carbocycles. The van der Waals surface area contributed by atoms with Crippen LogP contribution in [0.15, 0.2) is 18.2 Å². The van der Waals surface area contributed by atoms with Gasteiger partial charge in [-0.15, -0.1) is 0 Å². The molecule has 1 atom stereocenters. The molecule has 1 amide bonds. The normalized spacial score (nSPS) is 16.9. The average molecular weight is 275 g/mol. The zero-order valence-electron chi connectivity index (χ0n) is 12.7. The fourth-order valence-electron chi connectivity index (χ4n) is 2.68. The molecular weight excluding hydrogens is 250 g/mol. The lowest BCUT2D eigenvalue weighted by atomic mass is 10.1. The van der Waals surface area contributed by atoms with Crippen LogP contribution in [0.5, 0.6) is 0 Å². The second-order valence-corrected chi connectivity index (χ2v) is 5.23. The SMILES string of the molecule is CCCNC1C(=O)Nc2cc(N(CC)CCC)ccc21. The Bertz CT molecular complexity index is 473. The third kappa shape index (κ3) is 2.96. The van der Waals surface area contributed by atoms with Gasteiger partial charge < -0.3 is 15.5 Å². The van der Waals surface area contributed by atoms with Gasteiger partial charge in [0.25, 0.3) is 0 Å². The zero-order valence-corrected chi connectivity index (χ0v) is 12.7. The molecule has 0 aliphatic carbocycles. The standard InChI is InChI=1S/C16H25N3O/c1-4-9-17-15-13-8-7-12(19(6-3)10-5-2)11-14(13)18-16(15)20/h7-8,11,15,17H,4-6,9-10H2,1-3H3,(H,18,20). The smallest absolute Gasteiger partial charge is 0.246 e. The lowest BCUT2D eigenvalue weighted by Gasteiger charge is -2.23. The molecule has 0 saturated heterocycles. The quantitative estimate of drug-likeness (QED) is 0.804. The Kier molecular flexibility index (Phi) is 5.01. The van der Waals surface area contributed by atoms with Crippen LogP contribution in [0.3, 0.4) is 0 Å². The zero-order chi connectivity index (χ0) is 14.5. The van der Waals surface area contributed by atoms with Crippen LogP contribution in [0.25, 0.3) is 0 Å². The van der Waals surface area contributed by atoms with E-state index in [1.54, 1.807) is 0 Å². The number of fused-ring (bicyclic) bond motifs is 1. The number of benzene rings is 1. The average Bonchev–Trinajstić information content (AvgIpc) is 2.77. The van der Waals surface area contributed by atoms with Gasteiger partial charge in [0.15, 0.2) is 0 Å². The molecule has 0 spiro atoms. The molecule has 0 saturated carbocycles. The van der Waals surface area contributed by atoms with E-state index in [1.165, 1.54) is 5.69 Å². The Morgan fingerprint density at radius 3 is 2.70 bits per heavy atom. The Balaban J connectivity index is 2.21. The number of hydrogen-bond donors (Lipinski definition) is 2.